The standard InChI is InChI=1S/C27H25BrN2O4/c1-16(2)34-22-10-9-20(12-17(22)3)25(31)23-24(19-7-4-8-21(28)13-19)30(27(33)26(23)32)15-18-6-5-11-29-14-18/h4-14,16,24,31H,15H2,1-3H3/b25-23+. The zero-order valence-electron chi connectivity index (χ0n) is 19.2. The van der Waals surface area contributed by atoms with E-state index in [4.69, 9.17) is 4.74 Å². The van der Waals surface area contributed by atoms with Crippen LogP contribution in [0.4, 0.5) is 0 Å². The van der Waals surface area contributed by atoms with Crippen molar-refractivity contribution >= 4 is 33.4 Å². The molecule has 0 saturated carbocycles. The summed E-state index contributed by atoms with van der Waals surface area (Å²) in [5.41, 5.74) is 2.84. The van der Waals surface area contributed by atoms with Crippen molar-refractivity contribution in [2.24, 2.45) is 0 Å². The average molecular weight is 521 g/mol. The summed E-state index contributed by atoms with van der Waals surface area (Å²) in [6.45, 7) is 5.94. The maximum absolute atomic E-state index is 13.2. The third-order valence-corrected chi connectivity index (χ3v) is 6.08. The molecule has 1 amide bonds. The van der Waals surface area contributed by atoms with Crippen LogP contribution in [0.25, 0.3) is 5.76 Å². The first kappa shape index (κ1) is 23.7. The highest BCUT2D eigenvalue weighted by Crippen LogP contribution is 2.41. The Hall–Kier alpha value is -3.45. The van der Waals surface area contributed by atoms with Gasteiger partial charge in [0, 0.05) is 29.0 Å². The number of hydrogen-bond acceptors (Lipinski definition) is 5. The van der Waals surface area contributed by atoms with Gasteiger partial charge in [0.1, 0.15) is 11.5 Å². The Bertz CT molecular complexity index is 1270. The molecule has 2 heterocycles. The number of rotatable bonds is 6. The van der Waals surface area contributed by atoms with E-state index >= 15 is 0 Å². The number of aromatic nitrogens is 1. The molecule has 174 valence electrons. The predicted molar refractivity (Wildman–Crippen MR) is 133 cm³/mol. The molecular weight excluding hydrogens is 496 g/mol. The van der Waals surface area contributed by atoms with Crippen molar-refractivity contribution in [1.82, 2.24) is 9.88 Å². The first-order valence-corrected chi connectivity index (χ1v) is 11.8. The summed E-state index contributed by atoms with van der Waals surface area (Å²) in [5.74, 6) is -0.887. The number of amides is 1. The second kappa shape index (κ2) is 9.81. The molecule has 0 aliphatic carbocycles. The van der Waals surface area contributed by atoms with Crippen molar-refractivity contribution in [3.05, 3.63) is 99.3 Å². The number of aliphatic hydroxyl groups excluding tert-OH is 1. The fourth-order valence-corrected chi connectivity index (χ4v) is 4.51. The quantitative estimate of drug-likeness (QED) is 0.261. The van der Waals surface area contributed by atoms with E-state index in [-0.39, 0.29) is 24.0 Å². The third-order valence-electron chi connectivity index (χ3n) is 5.59. The van der Waals surface area contributed by atoms with E-state index in [2.05, 4.69) is 20.9 Å². The number of ketones is 1. The van der Waals surface area contributed by atoms with Crippen LogP contribution in [0, 0.1) is 6.92 Å². The van der Waals surface area contributed by atoms with Crippen molar-refractivity contribution in [3.63, 3.8) is 0 Å². The molecule has 7 heteroatoms. The summed E-state index contributed by atoms with van der Waals surface area (Å²) in [6, 6.07) is 15.5. The number of likely N-dealkylation sites (tertiary alicyclic amines) is 1. The molecule has 3 aromatic rings. The first-order valence-electron chi connectivity index (χ1n) is 11.0. The van der Waals surface area contributed by atoms with E-state index in [9.17, 15) is 14.7 Å². The number of ether oxygens (including phenoxy) is 1. The fraction of sp³-hybridized carbons (Fsp3) is 0.222. The van der Waals surface area contributed by atoms with Crippen LogP contribution in [-0.2, 0) is 16.1 Å². The SMILES string of the molecule is Cc1cc(/C(O)=C2\C(=O)C(=O)N(Cc3cccnc3)C2c2cccc(Br)c2)ccc1OC(C)C. The molecule has 1 saturated heterocycles. The zero-order chi connectivity index (χ0) is 24.4. The molecule has 0 spiro atoms. The van der Waals surface area contributed by atoms with Crippen molar-refractivity contribution in [1.29, 1.82) is 0 Å². The number of carbonyl (C=O) groups excluding carboxylic acids is 2. The van der Waals surface area contributed by atoms with Gasteiger partial charge in [-0.25, -0.2) is 0 Å². The molecule has 0 bridgehead atoms. The van der Waals surface area contributed by atoms with Gasteiger partial charge in [-0.1, -0.05) is 34.1 Å². The number of pyridine rings is 1. The summed E-state index contributed by atoms with van der Waals surface area (Å²) < 4.78 is 6.60. The van der Waals surface area contributed by atoms with E-state index in [1.165, 1.54) is 4.90 Å². The molecule has 2 aromatic carbocycles. The van der Waals surface area contributed by atoms with Crippen LogP contribution in [0.15, 0.2) is 77.0 Å². The highest BCUT2D eigenvalue weighted by molar-refractivity contribution is 9.10. The minimum absolute atomic E-state index is 0.00692. The van der Waals surface area contributed by atoms with Gasteiger partial charge in [-0.2, -0.15) is 0 Å². The summed E-state index contributed by atoms with van der Waals surface area (Å²) in [4.78, 5) is 32.0. The van der Waals surface area contributed by atoms with Crippen molar-refractivity contribution < 1.29 is 19.4 Å². The Labute approximate surface area is 207 Å². The van der Waals surface area contributed by atoms with Gasteiger partial charge in [0.2, 0.25) is 0 Å². The van der Waals surface area contributed by atoms with Gasteiger partial charge in [0.25, 0.3) is 11.7 Å². The van der Waals surface area contributed by atoms with Crippen LogP contribution in [0.2, 0.25) is 0 Å². The van der Waals surface area contributed by atoms with Crippen LogP contribution in [0.5, 0.6) is 5.75 Å². The average Bonchev–Trinajstić information content (AvgIpc) is 3.05. The lowest BCUT2D eigenvalue weighted by Gasteiger charge is -2.25. The Kier molecular flexibility index (Phi) is 6.84. The van der Waals surface area contributed by atoms with Crippen molar-refractivity contribution in [2.45, 2.75) is 39.5 Å². The number of halogens is 1. The number of nitrogens with zero attached hydrogens (tertiary/aromatic N) is 2. The molecule has 0 radical (unpaired) electrons. The zero-order valence-corrected chi connectivity index (χ0v) is 20.7. The normalized spacial score (nSPS) is 17.4. The molecule has 1 aliphatic heterocycles. The van der Waals surface area contributed by atoms with E-state index in [1.807, 2.05) is 51.1 Å². The van der Waals surface area contributed by atoms with Gasteiger partial charge in [-0.3, -0.25) is 14.6 Å². The van der Waals surface area contributed by atoms with Gasteiger partial charge >= 0.3 is 0 Å². The maximum atomic E-state index is 13.2. The Morgan fingerprint density at radius 2 is 1.94 bits per heavy atom. The molecule has 4 rings (SSSR count). The first-order chi connectivity index (χ1) is 16.3. The molecular formula is C27H25BrN2O4. The Morgan fingerprint density at radius 1 is 1.15 bits per heavy atom. The lowest BCUT2D eigenvalue weighted by atomic mass is 9.94. The third kappa shape index (κ3) is 4.75. The van der Waals surface area contributed by atoms with Crippen LogP contribution in [-0.4, -0.2) is 32.8 Å². The predicted octanol–water partition coefficient (Wildman–Crippen LogP) is 5.56. The summed E-state index contributed by atoms with van der Waals surface area (Å²) in [6.07, 6.45) is 3.32. The van der Waals surface area contributed by atoms with Crippen LogP contribution < -0.4 is 4.74 Å². The lowest BCUT2D eigenvalue weighted by Crippen LogP contribution is -2.29. The second-order valence-corrected chi connectivity index (χ2v) is 9.41. The number of carbonyl (C=O) groups is 2. The van der Waals surface area contributed by atoms with Crippen LogP contribution in [0.3, 0.4) is 0 Å². The van der Waals surface area contributed by atoms with Crippen molar-refractivity contribution in [2.75, 3.05) is 0 Å². The largest absolute Gasteiger partial charge is 0.507 e. The van der Waals surface area contributed by atoms with Gasteiger partial charge in [0.05, 0.1) is 17.7 Å². The van der Waals surface area contributed by atoms with Crippen LogP contribution in [0.1, 0.15) is 42.1 Å². The highest BCUT2D eigenvalue weighted by atomic mass is 79.9. The maximum Gasteiger partial charge on any atom is 0.295 e. The molecule has 1 atom stereocenters. The number of Topliss-reactive ketones (excluding diaryl/α,β-unsaturated/α-hetero) is 1. The van der Waals surface area contributed by atoms with E-state index in [0.29, 0.717) is 11.3 Å². The Balaban J connectivity index is 1.83. The van der Waals surface area contributed by atoms with Gasteiger partial charge < -0.3 is 14.7 Å². The smallest absolute Gasteiger partial charge is 0.295 e. The summed E-state index contributed by atoms with van der Waals surface area (Å²) in [5, 5.41) is 11.3. The monoisotopic (exact) mass is 520 g/mol. The lowest BCUT2D eigenvalue weighted by molar-refractivity contribution is -0.140. The topological polar surface area (TPSA) is 79.7 Å². The number of benzene rings is 2. The number of hydrogen-bond donors (Lipinski definition) is 1. The number of aliphatic hydroxyl groups is 1. The van der Waals surface area contributed by atoms with E-state index < -0.39 is 17.7 Å². The van der Waals surface area contributed by atoms with E-state index in [1.54, 1.807) is 36.7 Å². The second-order valence-electron chi connectivity index (χ2n) is 8.49. The summed E-state index contributed by atoms with van der Waals surface area (Å²) >= 11 is 3.47. The number of aryl methyl sites for hydroxylation is 1. The van der Waals surface area contributed by atoms with Gasteiger partial charge in [-0.05, 0) is 73.9 Å². The van der Waals surface area contributed by atoms with Gasteiger partial charge in [-0.15, -0.1) is 0 Å². The minimum Gasteiger partial charge on any atom is -0.507 e. The Morgan fingerprint density at radius 3 is 2.59 bits per heavy atom. The molecule has 1 aromatic heterocycles. The molecule has 34 heavy (non-hydrogen) atoms. The molecule has 1 aliphatic rings. The molecule has 1 fully saturated rings. The molecule has 1 unspecified atom stereocenters. The van der Waals surface area contributed by atoms with Crippen LogP contribution >= 0.6 is 15.9 Å². The van der Waals surface area contributed by atoms with Crippen molar-refractivity contribution in [3.8, 4) is 5.75 Å². The minimum atomic E-state index is -0.746. The summed E-state index contributed by atoms with van der Waals surface area (Å²) in [7, 11) is 0. The highest BCUT2D eigenvalue weighted by Gasteiger charge is 2.46. The van der Waals surface area contributed by atoms with E-state index in [0.717, 1.165) is 21.2 Å². The fourth-order valence-electron chi connectivity index (χ4n) is 4.09. The molecule has 6 nitrogen and oxygen atoms in total. The van der Waals surface area contributed by atoms with Gasteiger partial charge in [0.15, 0.2) is 0 Å². The molecule has 1 N–H and O–H groups in total.